The molecule has 0 aromatic rings. The zero-order valence-corrected chi connectivity index (χ0v) is 11.1. The van der Waals surface area contributed by atoms with Gasteiger partial charge in [-0.15, -0.1) is 0 Å². The predicted octanol–water partition coefficient (Wildman–Crippen LogP) is 1.11. The molecule has 0 spiro atoms. The number of ether oxygens (including phenoxy) is 3. The summed E-state index contributed by atoms with van der Waals surface area (Å²) < 4.78 is 16.8. The van der Waals surface area contributed by atoms with E-state index < -0.39 is 12.1 Å². The van der Waals surface area contributed by atoms with Crippen LogP contribution in [0.1, 0.15) is 33.1 Å². The van der Waals surface area contributed by atoms with Gasteiger partial charge in [0, 0.05) is 30.8 Å². The molecule has 1 N–H and O–H groups in total. The monoisotopic (exact) mass is 266 g/mol. The lowest BCUT2D eigenvalue weighted by atomic mass is 9.70. The summed E-state index contributed by atoms with van der Waals surface area (Å²) in [6.45, 7) is 4.52. The Labute approximate surface area is 111 Å². The molecule has 0 saturated carbocycles. The number of Topliss-reactive ketones (excluding diaryl/α,β-unsaturated/α-hetero) is 1. The average molecular weight is 266 g/mol. The van der Waals surface area contributed by atoms with Crippen molar-refractivity contribution in [1.29, 1.82) is 0 Å². The van der Waals surface area contributed by atoms with E-state index in [1.807, 2.05) is 13.8 Å². The van der Waals surface area contributed by atoms with E-state index in [4.69, 9.17) is 14.2 Å². The van der Waals surface area contributed by atoms with E-state index in [1.165, 1.54) is 0 Å². The zero-order valence-electron chi connectivity index (χ0n) is 11.1. The Morgan fingerprint density at radius 3 is 2.89 bits per heavy atom. The van der Waals surface area contributed by atoms with Gasteiger partial charge >= 0.3 is 0 Å². The van der Waals surface area contributed by atoms with Gasteiger partial charge in [0.1, 0.15) is 5.76 Å². The lowest BCUT2D eigenvalue weighted by Gasteiger charge is -2.48. The van der Waals surface area contributed by atoms with Crippen LogP contribution in [0.4, 0.5) is 0 Å². The summed E-state index contributed by atoms with van der Waals surface area (Å²) in [4.78, 5) is 12.4. The van der Waals surface area contributed by atoms with Gasteiger partial charge in [-0.3, -0.25) is 4.79 Å². The fraction of sp³-hybridized carbons (Fsp3) is 0.786. The minimum atomic E-state index is -1.43. The van der Waals surface area contributed by atoms with E-state index in [2.05, 4.69) is 0 Å². The number of hydrogen-bond donors (Lipinski definition) is 1. The highest BCUT2D eigenvalue weighted by molar-refractivity contribution is 5.98. The minimum absolute atomic E-state index is 0.0869. The zero-order chi connectivity index (χ0) is 13.4. The van der Waals surface area contributed by atoms with Crippen LogP contribution < -0.4 is 0 Å². The number of carbonyl (C=O) groups excluding carboxylic acids is 1. The van der Waals surface area contributed by atoms with Gasteiger partial charge in [-0.2, -0.15) is 0 Å². The molecule has 4 rings (SSSR count). The van der Waals surface area contributed by atoms with Gasteiger partial charge in [-0.05, 0) is 5.41 Å². The lowest BCUT2D eigenvalue weighted by molar-refractivity contribution is -0.331. The van der Waals surface area contributed by atoms with Crippen LogP contribution in [0.25, 0.3) is 0 Å². The lowest BCUT2D eigenvalue weighted by Crippen LogP contribution is -2.56. The fourth-order valence-electron chi connectivity index (χ4n) is 3.78. The molecule has 0 amide bonds. The van der Waals surface area contributed by atoms with Crippen molar-refractivity contribution >= 4 is 5.78 Å². The van der Waals surface area contributed by atoms with Crippen LogP contribution in [0.3, 0.4) is 0 Å². The van der Waals surface area contributed by atoms with Crippen LogP contribution in [-0.2, 0) is 19.0 Å². The predicted molar refractivity (Wildman–Crippen MR) is 63.8 cm³/mol. The van der Waals surface area contributed by atoms with Gasteiger partial charge in [0.05, 0.1) is 12.7 Å². The maximum atomic E-state index is 12.4. The summed E-state index contributed by atoms with van der Waals surface area (Å²) in [6.07, 6.45) is 0.771. The molecule has 0 aromatic carbocycles. The van der Waals surface area contributed by atoms with E-state index in [-0.39, 0.29) is 23.2 Å². The van der Waals surface area contributed by atoms with Crippen molar-refractivity contribution in [3.05, 3.63) is 11.3 Å². The molecule has 1 aliphatic carbocycles. The highest BCUT2D eigenvalue weighted by atomic mass is 16.8. The van der Waals surface area contributed by atoms with Gasteiger partial charge in [0.15, 0.2) is 5.78 Å². The average Bonchev–Trinajstić information content (AvgIpc) is 2.70. The summed E-state index contributed by atoms with van der Waals surface area (Å²) in [5.74, 6) is -0.725. The summed E-state index contributed by atoms with van der Waals surface area (Å²) in [5, 5.41) is 10.6. The van der Waals surface area contributed by atoms with Crippen molar-refractivity contribution in [2.75, 3.05) is 6.61 Å². The highest BCUT2D eigenvalue weighted by Gasteiger charge is 2.60. The van der Waals surface area contributed by atoms with Crippen molar-refractivity contribution in [3.63, 3.8) is 0 Å². The second-order valence-corrected chi connectivity index (χ2v) is 6.88. The molecule has 104 valence electrons. The first-order valence-electron chi connectivity index (χ1n) is 6.83. The Balaban J connectivity index is 1.81. The van der Waals surface area contributed by atoms with Crippen LogP contribution in [0.15, 0.2) is 11.3 Å². The third kappa shape index (κ3) is 1.55. The molecule has 5 heteroatoms. The largest absolute Gasteiger partial charge is 0.461 e. The van der Waals surface area contributed by atoms with Crippen molar-refractivity contribution in [3.8, 4) is 0 Å². The van der Waals surface area contributed by atoms with Crippen molar-refractivity contribution in [1.82, 2.24) is 0 Å². The number of hydrogen-bond acceptors (Lipinski definition) is 5. The first kappa shape index (κ1) is 11.9. The number of aliphatic hydroxyl groups is 1. The summed E-state index contributed by atoms with van der Waals surface area (Å²) >= 11 is 0. The molecule has 5 nitrogen and oxygen atoms in total. The molecule has 4 atom stereocenters. The third-order valence-electron chi connectivity index (χ3n) is 4.59. The first-order chi connectivity index (χ1) is 8.88. The van der Waals surface area contributed by atoms with Crippen molar-refractivity contribution in [2.24, 2.45) is 11.3 Å². The molecule has 2 saturated heterocycles. The molecule has 3 heterocycles. The molecule has 4 aliphatic rings. The molecule has 2 fully saturated rings. The SMILES string of the molecule is CC1(C)CC(=O)C2=C(C1)OC1(O)CC2C2COC1O2. The van der Waals surface area contributed by atoms with E-state index in [1.54, 1.807) is 0 Å². The topological polar surface area (TPSA) is 65.0 Å². The maximum Gasteiger partial charge on any atom is 0.259 e. The van der Waals surface area contributed by atoms with Crippen LogP contribution >= 0.6 is 0 Å². The third-order valence-corrected chi connectivity index (χ3v) is 4.59. The number of fused-ring (bicyclic) bond motifs is 7. The van der Waals surface area contributed by atoms with Crippen molar-refractivity contribution in [2.45, 2.75) is 51.3 Å². The standard InChI is InChI=1S/C14H18O5/c1-13(2)4-8(15)11-7-3-14(16,19-9(11)5-13)12-17-6-10(7)18-12/h7,10,12,16H,3-6H2,1-2H3. The Morgan fingerprint density at radius 2 is 2.11 bits per heavy atom. The highest BCUT2D eigenvalue weighted by Crippen LogP contribution is 2.52. The molecule has 4 unspecified atom stereocenters. The molecule has 19 heavy (non-hydrogen) atoms. The molecular weight excluding hydrogens is 248 g/mol. The molecule has 3 aliphatic heterocycles. The quantitative estimate of drug-likeness (QED) is 0.711. The maximum absolute atomic E-state index is 12.4. The van der Waals surface area contributed by atoms with E-state index >= 15 is 0 Å². The Kier molecular flexibility index (Phi) is 2.12. The molecule has 0 aromatic heterocycles. The van der Waals surface area contributed by atoms with Crippen LogP contribution in [0, 0.1) is 11.3 Å². The van der Waals surface area contributed by atoms with E-state index in [0.717, 1.165) is 5.57 Å². The second kappa shape index (κ2) is 3.40. The van der Waals surface area contributed by atoms with Gasteiger partial charge < -0.3 is 19.3 Å². The number of ketones is 1. The Morgan fingerprint density at radius 1 is 1.32 bits per heavy atom. The summed E-state index contributed by atoms with van der Waals surface area (Å²) in [7, 11) is 0. The Bertz CT molecular complexity index is 494. The number of carbonyl (C=O) groups is 1. The Hall–Kier alpha value is -0.910. The summed E-state index contributed by atoms with van der Waals surface area (Å²) in [5.41, 5.74) is 0.622. The van der Waals surface area contributed by atoms with Crippen molar-refractivity contribution < 1.29 is 24.1 Å². The van der Waals surface area contributed by atoms with E-state index in [0.29, 0.717) is 31.6 Å². The van der Waals surface area contributed by atoms with E-state index in [9.17, 15) is 9.90 Å². The van der Waals surface area contributed by atoms with Gasteiger partial charge in [0.2, 0.25) is 6.29 Å². The van der Waals surface area contributed by atoms with Crippen LogP contribution in [-0.4, -0.2) is 35.7 Å². The van der Waals surface area contributed by atoms with Gasteiger partial charge in [0.25, 0.3) is 5.79 Å². The molecule has 0 radical (unpaired) electrons. The first-order valence-corrected chi connectivity index (χ1v) is 6.83. The summed E-state index contributed by atoms with van der Waals surface area (Å²) in [6, 6.07) is 0. The molecule has 4 bridgehead atoms. The van der Waals surface area contributed by atoms with Gasteiger partial charge in [-0.1, -0.05) is 13.8 Å². The number of allylic oxidation sites excluding steroid dienone is 1. The smallest absolute Gasteiger partial charge is 0.259 e. The molecular formula is C14H18O5. The van der Waals surface area contributed by atoms with Gasteiger partial charge in [-0.25, -0.2) is 0 Å². The fourth-order valence-corrected chi connectivity index (χ4v) is 3.78. The van der Waals surface area contributed by atoms with Crippen LogP contribution in [0.5, 0.6) is 0 Å². The second-order valence-electron chi connectivity index (χ2n) is 6.88. The number of rotatable bonds is 0. The van der Waals surface area contributed by atoms with Crippen LogP contribution in [0.2, 0.25) is 0 Å². The minimum Gasteiger partial charge on any atom is -0.461 e. The normalized spacial score (nSPS) is 46.9.